The summed E-state index contributed by atoms with van der Waals surface area (Å²) >= 11 is 0. The van der Waals surface area contributed by atoms with Crippen LogP contribution in [0.25, 0.3) is 0 Å². The van der Waals surface area contributed by atoms with Gasteiger partial charge in [-0.2, -0.15) is 0 Å². The number of para-hydroxylation sites is 4. The van der Waals surface area contributed by atoms with Crippen LogP contribution in [-0.2, 0) is 25.3 Å². The van der Waals surface area contributed by atoms with Gasteiger partial charge in [0.2, 0.25) is 0 Å². The number of hydrogen-bond donors (Lipinski definition) is 0. The molecule has 174 valence electrons. The van der Waals surface area contributed by atoms with Gasteiger partial charge in [0.15, 0.2) is 23.0 Å². The predicted molar refractivity (Wildman–Crippen MR) is 125 cm³/mol. The van der Waals surface area contributed by atoms with Gasteiger partial charge in [-0.05, 0) is 29.8 Å². The van der Waals surface area contributed by atoms with E-state index >= 15 is 0 Å². The van der Waals surface area contributed by atoms with Crippen molar-refractivity contribution in [1.29, 1.82) is 0 Å². The Morgan fingerprint density at radius 1 is 0.676 bits per heavy atom. The van der Waals surface area contributed by atoms with Gasteiger partial charge in [0.25, 0.3) is 0 Å². The van der Waals surface area contributed by atoms with Gasteiger partial charge in [-0.3, -0.25) is 4.52 Å². The molecule has 3 aromatic carbocycles. The highest BCUT2D eigenvalue weighted by Crippen LogP contribution is 2.53. The van der Waals surface area contributed by atoms with Gasteiger partial charge in [0.1, 0.15) is 0 Å². The van der Waals surface area contributed by atoms with Crippen LogP contribution in [0.4, 0.5) is 0 Å². The summed E-state index contributed by atoms with van der Waals surface area (Å²) in [6, 6.07) is 21.0. The van der Waals surface area contributed by atoms with Gasteiger partial charge >= 0.3 is 19.8 Å². The van der Waals surface area contributed by atoms with Crippen molar-refractivity contribution in [2.75, 3.05) is 0 Å². The largest absolute Gasteiger partial charge is 0.588 e. The summed E-state index contributed by atoms with van der Waals surface area (Å²) in [7, 11) is -4.42. The summed E-state index contributed by atoms with van der Waals surface area (Å²) in [6.45, 7) is 6.58. The highest BCUT2D eigenvalue weighted by atomic mass is 31.2. The number of ether oxygens (including phenoxy) is 2. The SMILES string of the molecule is C=CC(=O)Oc1ccccc1OP(=O)(OCc1ccccc1)Oc1ccccc1OC(=O)C=C. The van der Waals surface area contributed by atoms with Gasteiger partial charge in [-0.1, -0.05) is 67.8 Å². The fraction of sp³-hybridized carbons (Fsp3) is 0.0400. The lowest BCUT2D eigenvalue weighted by molar-refractivity contribution is -0.129. The second kappa shape index (κ2) is 11.7. The van der Waals surface area contributed by atoms with Gasteiger partial charge in [0.05, 0.1) is 6.61 Å². The number of benzene rings is 3. The molecule has 0 aliphatic carbocycles. The van der Waals surface area contributed by atoms with E-state index in [1.54, 1.807) is 48.5 Å². The molecule has 0 spiro atoms. The van der Waals surface area contributed by atoms with Crippen LogP contribution in [0.3, 0.4) is 0 Å². The number of carbonyl (C=O) groups excluding carboxylic acids is 2. The number of carbonyl (C=O) groups is 2. The molecule has 3 aromatic rings. The molecule has 0 unspecified atom stereocenters. The van der Waals surface area contributed by atoms with E-state index in [0.29, 0.717) is 5.56 Å². The molecule has 0 bridgehead atoms. The molecule has 0 aliphatic heterocycles. The highest BCUT2D eigenvalue weighted by molar-refractivity contribution is 7.49. The molecule has 9 heteroatoms. The smallest absolute Gasteiger partial charge is 0.419 e. The molecule has 0 atom stereocenters. The summed E-state index contributed by atoms with van der Waals surface area (Å²) < 4.78 is 40.9. The maximum absolute atomic E-state index is 13.8. The fourth-order valence-corrected chi connectivity index (χ4v) is 3.79. The van der Waals surface area contributed by atoms with Gasteiger partial charge in [-0.25, -0.2) is 14.2 Å². The topological polar surface area (TPSA) is 97.4 Å². The molecule has 3 rings (SSSR count). The number of phosphoric ester groups is 1. The molecule has 0 aromatic heterocycles. The van der Waals surface area contributed by atoms with Crippen molar-refractivity contribution in [3.05, 3.63) is 110 Å². The number of hydrogen-bond acceptors (Lipinski definition) is 8. The molecule has 8 nitrogen and oxygen atoms in total. The van der Waals surface area contributed by atoms with Crippen LogP contribution in [0.15, 0.2) is 104 Å². The molecule has 0 heterocycles. The van der Waals surface area contributed by atoms with Crippen LogP contribution in [0.5, 0.6) is 23.0 Å². The predicted octanol–water partition coefficient (Wildman–Crippen LogP) is 5.65. The first-order chi connectivity index (χ1) is 16.4. The third kappa shape index (κ3) is 6.93. The number of esters is 2. The average molecular weight is 480 g/mol. The lowest BCUT2D eigenvalue weighted by atomic mass is 10.2. The zero-order chi connectivity index (χ0) is 24.4. The molecule has 0 amide bonds. The maximum atomic E-state index is 13.8. The fourth-order valence-electron chi connectivity index (χ4n) is 2.56. The van der Waals surface area contributed by atoms with Crippen molar-refractivity contribution < 1.29 is 37.2 Å². The summed E-state index contributed by atoms with van der Waals surface area (Å²) in [5.41, 5.74) is 0.702. The van der Waals surface area contributed by atoms with E-state index in [2.05, 4.69) is 13.2 Å². The first-order valence-electron chi connectivity index (χ1n) is 9.96. The molecular formula is C25H21O8P. The minimum atomic E-state index is -4.42. The van der Waals surface area contributed by atoms with Gasteiger partial charge < -0.3 is 18.5 Å². The Morgan fingerprint density at radius 3 is 1.53 bits per heavy atom. The van der Waals surface area contributed by atoms with Crippen LogP contribution in [0.2, 0.25) is 0 Å². The Hall–Kier alpha value is -4.13. The van der Waals surface area contributed by atoms with E-state index in [9.17, 15) is 14.2 Å². The van der Waals surface area contributed by atoms with Crippen molar-refractivity contribution in [1.82, 2.24) is 0 Å². The molecule has 34 heavy (non-hydrogen) atoms. The quantitative estimate of drug-likeness (QED) is 0.150. The molecule has 0 fully saturated rings. The number of rotatable bonds is 11. The molecule has 0 N–H and O–H groups in total. The van der Waals surface area contributed by atoms with E-state index in [-0.39, 0.29) is 29.6 Å². The lowest BCUT2D eigenvalue weighted by Crippen LogP contribution is -2.10. The van der Waals surface area contributed by atoms with Crippen molar-refractivity contribution in [2.24, 2.45) is 0 Å². The third-order valence-corrected chi connectivity index (χ3v) is 5.39. The van der Waals surface area contributed by atoms with E-state index in [1.165, 1.54) is 24.3 Å². The molecule has 0 radical (unpaired) electrons. The Balaban J connectivity index is 1.94. The molecule has 0 saturated carbocycles. The van der Waals surface area contributed by atoms with Crippen LogP contribution in [-0.4, -0.2) is 11.9 Å². The standard InChI is InChI=1S/C25H21O8P/c1-3-24(26)30-20-14-8-10-16-22(20)32-34(28,29-18-19-12-6-5-7-13-19)33-23-17-11-9-15-21(23)31-25(27)4-2/h3-17H,1-2,18H2. The number of phosphoric acid groups is 1. The Bertz CT molecular complexity index is 1150. The summed E-state index contributed by atoms with van der Waals surface area (Å²) in [6.07, 6.45) is 1.95. The van der Waals surface area contributed by atoms with E-state index in [1.807, 2.05) is 6.07 Å². The van der Waals surface area contributed by atoms with Crippen LogP contribution < -0.4 is 18.5 Å². The summed E-state index contributed by atoms with van der Waals surface area (Å²) in [4.78, 5) is 23.4. The van der Waals surface area contributed by atoms with Gasteiger partial charge in [0, 0.05) is 12.2 Å². The molecule has 0 aliphatic rings. The van der Waals surface area contributed by atoms with Crippen molar-refractivity contribution in [2.45, 2.75) is 6.61 Å². The summed E-state index contributed by atoms with van der Waals surface area (Å²) in [5, 5.41) is 0. The first kappa shape index (κ1) is 24.5. The van der Waals surface area contributed by atoms with Crippen LogP contribution in [0, 0.1) is 0 Å². The minimum Gasteiger partial charge on any atom is -0.419 e. The molecular weight excluding hydrogens is 459 g/mol. The van der Waals surface area contributed by atoms with E-state index in [4.69, 9.17) is 23.0 Å². The van der Waals surface area contributed by atoms with E-state index < -0.39 is 19.8 Å². The molecule has 0 saturated heterocycles. The average Bonchev–Trinajstić information content (AvgIpc) is 2.85. The highest BCUT2D eigenvalue weighted by Gasteiger charge is 2.34. The van der Waals surface area contributed by atoms with Gasteiger partial charge in [-0.15, -0.1) is 0 Å². The first-order valence-corrected chi connectivity index (χ1v) is 11.4. The Labute approximate surface area is 196 Å². The Kier molecular flexibility index (Phi) is 8.40. The monoisotopic (exact) mass is 480 g/mol. The second-order valence-corrected chi connectivity index (χ2v) is 8.05. The zero-order valence-corrected chi connectivity index (χ0v) is 18.9. The summed E-state index contributed by atoms with van der Waals surface area (Å²) in [5.74, 6) is -1.67. The van der Waals surface area contributed by atoms with Crippen molar-refractivity contribution in [3.8, 4) is 23.0 Å². The zero-order valence-electron chi connectivity index (χ0n) is 18.0. The Morgan fingerprint density at radius 2 is 1.09 bits per heavy atom. The third-order valence-electron chi connectivity index (χ3n) is 4.11. The van der Waals surface area contributed by atoms with Crippen molar-refractivity contribution >= 4 is 19.8 Å². The lowest BCUT2D eigenvalue weighted by Gasteiger charge is -2.21. The van der Waals surface area contributed by atoms with Crippen LogP contribution >= 0.6 is 7.82 Å². The normalized spacial score (nSPS) is 10.6. The van der Waals surface area contributed by atoms with Crippen LogP contribution in [0.1, 0.15) is 5.56 Å². The minimum absolute atomic E-state index is 0.0223. The maximum Gasteiger partial charge on any atom is 0.588 e. The second-order valence-electron chi connectivity index (χ2n) is 6.53. The van der Waals surface area contributed by atoms with E-state index in [0.717, 1.165) is 12.2 Å². The van der Waals surface area contributed by atoms with Crippen molar-refractivity contribution in [3.63, 3.8) is 0 Å².